The Bertz CT molecular complexity index is 3710. The number of hydrogen-bond donors (Lipinski definition) is 0. The normalized spacial score (nSPS) is 16.5. The van der Waals surface area contributed by atoms with E-state index in [1.54, 1.807) is 11.1 Å². The monoisotopic (exact) mass is 912 g/mol. The van der Waals surface area contributed by atoms with Crippen LogP contribution in [0, 0.1) is 0 Å². The van der Waals surface area contributed by atoms with E-state index in [2.05, 4.69) is 230 Å². The highest BCUT2D eigenvalue weighted by Crippen LogP contribution is 2.52. The van der Waals surface area contributed by atoms with Gasteiger partial charge in [0.25, 0.3) is 0 Å². The number of allylic oxidation sites excluding steroid dienone is 6. The number of hydrogen-bond acceptors (Lipinski definition) is 2. The van der Waals surface area contributed by atoms with Crippen LogP contribution in [0.15, 0.2) is 229 Å². The minimum Gasteiger partial charge on any atom is -0.311 e. The molecule has 0 saturated heterocycles. The Balaban J connectivity index is 1.05. The second-order valence-electron chi connectivity index (χ2n) is 20.9. The summed E-state index contributed by atoms with van der Waals surface area (Å²) in [5.41, 5.74) is 26.4. The van der Waals surface area contributed by atoms with E-state index < -0.39 is 0 Å². The number of benzene rings is 9. The van der Waals surface area contributed by atoms with Crippen LogP contribution in [-0.4, -0.2) is 0 Å². The van der Waals surface area contributed by atoms with Gasteiger partial charge in [-0.2, -0.15) is 0 Å². The summed E-state index contributed by atoms with van der Waals surface area (Å²) in [5, 5.41) is 5.03. The molecule has 0 radical (unpaired) electrons. The molecule has 0 spiro atoms. The zero-order valence-corrected chi connectivity index (χ0v) is 40.7. The van der Waals surface area contributed by atoms with Crippen molar-refractivity contribution in [3.63, 3.8) is 0 Å². The molecule has 0 unspecified atom stereocenters. The average Bonchev–Trinajstić information content (AvgIpc) is 3.54. The SMILES string of the molecule is CC1(C)c2ccccc2-c2ccc(-c3cccc(-c4c5ccc(N6c7ccccc7CCc7ccccc76)cc5c(-c5ccccc5)c5ccc(N6C7=C(CCC=C7)CCC7=C6C=CCC7)cc45)c3)cc21. The van der Waals surface area contributed by atoms with Crippen LogP contribution in [0.5, 0.6) is 0 Å². The first-order valence-electron chi connectivity index (χ1n) is 26.0. The zero-order chi connectivity index (χ0) is 47.2. The van der Waals surface area contributed by atoms with Gasteiger partial charge in [-0.1, -0.05) is 159 Å². The molecule has 2 heterocycles. The molecule has 3 aliphatic carbocycles. The van der Waals surface area contributed by atoms with Crippen molar-refractivity contribution in [1.82, 2.24) is 0 Å². The maximum atomic E-state index is 2.62. The molecule has 0 aromatic heterocycles. The first kappa shape index (κ1) is 42.0. The molecule has 2 heteroatoms. The highest BCUT2D eigenvalue weighted by Gasteiger charge is 2.35. The van der Waals surface area contributed by atoms with Gasteiger partial charge in [-0.15, -0.1) is 0 Å². The lowest BCUT2D eigenvalue weighted by atomic mass is 9.81. The molecule has 0 saturated carbocycles. The maximum absolute atomic E-state index is 2.62. The van der Waals surface area contributed by atoms with Crippen LogP contribution in [0.1, 0.15) is 74.6 Å². The Labute approximate surface area is 418 Å². The van der Waals surface area contributed by atoms with Gasteiger partial charge >= 0.3 is 0 Å². The second-order valence-corrected chi connectivity index (χ2v) is 20.9. The molecule has 2 nitrogen and oxygen atoms in total. The van der Waals surface area contributed by atoms with Crippen LogP contribution in [0.2, 0.25) is 0 Å². The summed E-state index contributed by atoms with van der Waals surface area (Å²) in [6, 6.07) is 69.5. The van der Waals surface area contributed by atoms with Crippen molar-refractivity contribution in [3.8, 4) is 44.5 Å². The molecule has 0 fully saturated rings. The van der Waals surface area contributed by atoms with Crippen LogP contribution in [0.4, 0.5) is 22.7 Å². The number of nitrogens with zero attached hydrogens (tertiary/aromatic N) is 2. The maximum Gasteiger partial charge on any atom is 0.0493 e. The summed E-state index contributed by atoms with van der Waals surface area (Å²) in [6.45, 7) is 4.77. The molecular weight excluding hydrogens is 857 g/mol. The van der Waals surface area contributed by atoms with Crippen LogP contribution in [0.25, 0.3) is 66.1 Å². The second kappa shape index (κ2) is 16.6. The fourth-order valence-electron chi connectivity index (χ4n) is 13.1. The third-order valence-corrected chi connectivity index (χ3v) is 16.6. The molecule has 5 aliphatic rings. The lowest BCUT2D eigenvalue weighted by Crippen LogP contribution is -2.23. The van der Waals surface area contributed by atoms with E-state index in [0.717, 1.165) is 51.4 Å². The summed E-state index contributed by atoms with van der Waals surface area (Å²) in [5.74, 6) is 0. The van der Waals surface area contributed by atoms with E-state index in [1.165, 1.54) is 122 Å². The molecule has 9 aromatic carbocycles. The highest BCUT2D eigenvalue weighted by atomic mass is 15.2. The molecule has 9 aromatic rings. The van der Waals surface area contributed by atoms with E-state index in [0.29, 0.717) is 0 Å². The molecular formula is C69H56N2. The average molecular weight is 913 g/mol. The quantitative estimate of drug-likeness (QED) is 0.159. The molecule has 0 amide bonds. The first-order valence-corrected chi connectivity index (χ1v) is 26.0. The standard InChI is InChI=1S/C69H56N2/c1-69(2)61-26-11-10-25-55(61)56-38-35-51(42-62(56)69)50-23-16-24-52(41-50)68-58-40-37-53(70-63-27-12-6-17-45(63)31-32-46-18-7-13-28-64(46)70)43-59(58)67(49-21-4-3-5-22-49)57-39-36-54(44-60(57)68)71-65-29-14-8-19-47(65)33-34-48-20-9-15-30-66(48)71/h3-7,10-18,21-30,35-44H,8-9,19-20,31-34H2,1-2H3. The van der Waals surface area contributed by atoms with Gasteiger partial charge in [0.1, 0.15) is 0 Å². The van der Waals surface area contributed by atoms with E-state index in [1.807, 2.05) is 0 Å². The van der Waals surface area contributed by atoms with Crippen LogP contribution >= 0.6 is 0 Å². The minimum absolute atomic E-state index is 0.0826. The summed E-state index contributed by atoms with van der Waals surface area (Å²) < 4.78 is 0. The lowest BCUT2D eigenvalue weighted by molar-refractivity contribution is 0.660. The first-order chi connectivity index (χ1) is 35.0. The van der Waals surface area contributed by atoms with Gasteiger partial charge in [0, 0.05) is 39.6 Å². The van der Waals surface area contributed by atoms with Crippen molar-refractivity contribution in [2.45, 2.75) is 70.6 Å². The van der Waals surface area contributed by atoms with E-state index >= 15 is 0 Å². The number of fused-ring (bicyclic) bond motifs is 7. The third kappa shape index (κ3) is 6.75. The van der Waals surface area contributed by atoms with Crippen molar-refractivity contribution >= 4 is 44.3 Å². The fourth-order valence-corrected chi connectivity index (χ4v) is 13.1. The predicted molar refractivity (Wildman–Crippen MR) is 300 cm³/mol. The smallest absolute Gasteiger partial charge is 0.0493 e. The fraction of sp³-hybridized carbons (Fsp3) is 0.159. The number of para-hydroxylation sites is 2. The Kier molecular flexibility index (Phi) is 9.82. The minimum atomic E-state index is -0.0826. The van der Waals surface area contributed by atoms with E-state index in [4.69, 9.17) is 0 Å². The Hall–Kier alpha value is -7.94. The van der Waals surface area contributed by atoms with Crippen molar-refractivity contribution in [3.05, 3.63) is 251 Å². The Morgan fingerprint density at radius 2 is 0.901 bits per heavy atom. The Morgan fingerprint density at radius 1 is 0.366 bits per heavy atom. The highest BCUT2D eigenvalue weighted by molar-refractivity contribution is 6.22. The largest absolute Gasteiger partial charge is 0.311 e. The van der Waals surface area contributed by atoms with Crippen LogP contribution < -0.4 is 9.80 Å². The van der Waals surface area contributed by atoms with Gasteiger partial charge in [-0.05, 0) is 212 Å². The summed E-state index contributed by atoms with van der Waals surface area (Å²) in [4.78, 5) is 5.15. The molecule has 0 atom stereocenters. The molecule has 14 rings (SSSR count). The number of rotatable bonds is 5. The molecule has 71 heavy (non-hydrogen) atoms. The summed E-state index contributed by atoms with van der Waals surface area (Å²) >= 11 is 0. The van der Waals surface area contributed by atoms with Crippen molar-refractivity contribution in [1.29, 1.82) is 0 Å². The topological polar surface area (TPSA) is 6.48 Å². The Morgan fingerprint density at radius 3 is 1.58 bits per heavy atom. The van der Waals surface area contributed by atoms with Crippen molar-refractivity contribution < 1.29 is 0 Å². The molecule has 0 bridgehead atoms. The van der Waals surface area contributed by atoms with Gasteiger partial charge in [0.05, 0.1) is 0 Å². The number of anilines is 4. The lowest BCUT2D eigenvalue weighted by Gasteiger charge is -2.32. The van der Waals surface area contributed by atoms with Crippen LogP contribution in [-0.2, 0) is 18.3 Å². The number of aryl methyl sites for hydroxylation is 2. The van der Waals surface area contributed by atoms with Gasteiger partial charge in [-0.25, -0.2) is 0 Å². The summed E-state index contributed by atoms with van der Waals surface area (Å²) in [7, 11) is 0. The zero-order valence-electron chi connectivity index (χ0n) is 40.7. The predicted octanol–water partition coefficient (Wildman–Crippen LogP) is 18.7. The van der Waals surface area contributed by atoms with Gasteiger partial charge in [0.15, 0.2) is 0 Å². The van der Waals surface area contributed by atoms with Gasteiger partial charge in [0.2, 0.25) is 0 Å². The van der Waals surface area contributed by atoms with Crippen LogP contribution in [0.3, 0.4) is 0 Å². The van der Waals surface area contributed by atoms with Crippen molar-refractivity contribution in [2.75, 3.05) is 9.80 Å². The molecule has 0 N–H and O–H groups in total. The molecule has 342 valence electrons. The van der Waals surface area contributed by atoms with Gasteiger partial charge < -0.3 is 9.80 Å². The summed E-state index contributed by atoms with van der Waals surface area (Å²) in [6.07, 6.45) is 18.4. The van der Waals surface area contributed by atoms with E-state index in [-0.39, 0.29) is 5.41 Å². The van der Waals surface area contributed by atoms with Gasteiger partial charge in [-0.3, -0.25) is 0 Å². The molecule has 2 aliphatic heterocycles. The van der Waals surface area contributed by atoms with E-state index in [9.17, 15) is 0 Å². The third-order valence-electron chi connectivity index (χ3n) is 16.6. The van der Waals surface area contributed by atoms with Crippen molar-refractivity contribution in [2.24, 2.45) is 0 Å².